The number of aromatic nitrogens is 3. The summed E-state index contributed by atoms with van der Waals surface area (Å²) in [6.07, 6.45) is 0.886. The van der Waals surface area contributed by atoms with E-state index < -0.39 is 0 Å². The van der Waals surface area contributed by atoms with E-state index in [4.69, 9.17) is 0 Å². The summed E-state index contributed by atoms with van der Waals surface area (Å²) < 4.78 is 1.99. The predicted octanol–water partition coefficient (Wildman–Crippen LogP) is 2.36. The molecule has 1 aliphatic rings. The molecule has 0 radical (unpaired) electrons. The van der Waals surface area contributed by atoms with Crippen LogP contribution in [0, 0.1) is 6.92 Å². The summed E-state index contributed by atoms with van der Waals surface area (Å²) in [5, 5.41) is 7.88. The number of fused-ring (bicyclic) bond motifs is 1. The van der Waals surface area contributed by atoms with Gasteiger partial charge in [0.15, 0.2) is 5.82 Å². The van der Waals surface area contributed by atoms with Gasteiger partial charge >= 0.3 is 0 Å². The van der Waals surface area contributed by atoms with Crippen molar-refractivity contribution in [3.8, 4) is 0 Å². The molecule has 0 aliphatic carbocycles. The molecule has 0 bridgehead atoms. The van der Waals surface area contributed by atoms with Crippen LogP contribution in [0.1, 0.15) is 29.8 Å². The molecule has 4 nitrogen and oxygen atoms in total. The van der Waals surface area contributed by atoms with E-state index in [1.54, 1.807) is 0 Å². The van der Waals surface area contributed by atoms with Gasteiger partial charge in [0.2, 0.25) is 5.95 Å². The van der Waals surface area contributed by atoms with Crippen molar-refractivity contribution in [2.75, 3.05) is 11.9 Å². The van der Waals surface area contributed by atoms with Crippen LogP contribution < -0.4 is 5.32 Å². The average Bonchev–Trinajstić information content (AvgIpc) is 2.81. The summed E-state index contributed by atoms with van der Waals surface area (Å²) >= 11 is 0. The molecule has 1 aromatic heterocycles. The standard InChI is InChI=1S/C14H18N4/c1-3-13-16-14-15-8-12(9-18(14)17-13)11-6-4-10(2)5-7-11/h4-7,12H,3,8-9H2,1-2H3,(H,15,16,17). The fraction of sp³-hybridized carbons (Fsp3) is 0.429. The lowest BCUT2D eigenvalue weighted by atomic mass is 9.97. The van der Waals surface area contributed by atoms with Gasteiger partial charge in [0.25, 0.3) is 0 Å². The summed E-state index contributed by atoms with van der Waals surface area (Å²) in [6.45, 7) is 6.05. The fourth-order valence-electron chi connectivity index (χ4n) is 2.35. The minimum atomic E-state index is 0.476. The van der Waals surface area contributed by atoms with E-state index in [9.17, 15) is 0 Å². The van der Waals surface area contributed by atoms with Crippen LogP contribution in [0.15, 0.2) is 24.3 Å². The van der Waals surface area contributed by atoms with Gasteiger partial charge in [-0.1, -0.05) is 36.8 Å². The number of hydrogen-bond acceptors (Lipinski definition) is 3. The first-order valence-corrected chi connectivity index (χ1v) is 6.50. The second-order valence-corrected chi connectivity index (χ2v) is 4.88. The van der Waals surface area contributed by atoms with Crippen molar-refractivity contribution < 1.29 is 0 Å². The molecule has 4 heteroatoms. The Balaban J connectivity index is 1.83. The fourth-order valence-corrected chi connectivity index (χ4v) is 2.35. The Bertz CT molecular complexity index is 541. The lowest BCUT2D eigenvalue weighted by Crippen LogP contribution is -2.26. The first kappa shape index (κ1) is 11.3. The van der Waals surface area contributed by atoms with E-state index in [1.165, 1.54) is 11.1 Å². The van der Waals surface area contributed by atoms with Gasteiger partial charge in [-0.05, 0) is 12.5 Å². The minimum absolute atomic E-state index is 0.476. The van der Waals surface area contributed by atoms with E-state index in [-0.39, 0.29) is 0 Å². The topological polar surface area (TPSA) is 42.7 Å². The zero-order valence-corrected chi connectivity index (χ0v) is 10.8. The lowest BCUT2D eigenvalue weighted by molar-refractivity contribution is 0.501. The number of aryl methyl sites for hydroxylation is 2. The van der Waals surface area contributed by atoms with Gasteiger partial charge in [0.05, 0.1) is 6.54 Å². The first-order valence-electron chi connectivity index (χ1n) is 6.50. The summed E-state index contributed by atoms with van der Waals surface area (Å²) in [4.78, 5) is 4.45. The second-order valence-electron chi connectivity index (χ2n) is 4.88. The Labute approximate surface area is 107 Å². The highest BCUT2D eigenvalue weighted by molar-refractivity contribution is 5.33. The molecule has 0 saturated carbocycles. The van der Waals surface area contributed by atoms with Gasteiger partial charge in [0, 0.05) is 18.9 Å². The zero-order valence-electron chi connectivity index (χ0n) is 10.8. The molecule has 0 spiro atoms. The Morgan fingerprint density at radius 1 is 1.33 bits per heavy atom. The number of nitrogens with zero attached hydrogens (tertiary/aromatic N) is 3. The van der Waals surface area contributed by atoms with Crippen LogP contribution in [0.5, 0.6) is 0 Å². The third-order valence-corrected chi connectivity index (χ3v) is 3.48. The van der Waals surface area contributed by atoms with Crippen molar-refractivity contribution in [3.63, 3.8) is 0 Å². The molecule has 0 amide bonds. The van der Waals surface area contributed by atoms with E-state index in [0.29, 0.717) is 5.92 Å². The molecule has 3 rings (SSSR count). The quantitative estimate of drug-likeness (QED) is 0.879. The lowest BCUT2D eigenvalue weighted by Gasteiger charge is -2.24. The highest BCUT2D eigenvalue weighted by Crippen LogP contribution is 2.24. The highest BCUT2D eigenvalue weighted by Gasteiger charge is 2.21. The number of rotatable bonds is 2. The Morgan fingerprint density at radius 2 is 2.11 bits per heavy atom. The van der Waals surface area contributed by atoms with E-state index in [1.807, 2.05) is 4.68 Å². The van der Waals surface area contributed by atoms with Crippen molar-refractivity contribution in [3.05, 3.63) is 41.2 Å². The maximum Gasteiger partial charge on any atom is 0.221 e. The molecule has 18 heavy (non-hydrogen) atoms. The first-order chi connectivity index (χ1) is 8.76. The van der Waals surface area contributed by atoms with Crippen molar-refractivity contribution >= 4 is 5.95 Å². The normalized spacial score (nSPS) is 18.2. The maximum atomic E-state index is 4.51. The molecule has 1 atom stereocenters. The van der Waals surface area contributed by atoms with Crippen LogP contribution in [-0.2, 0) is 13.0 Å². The summed E-state index contributed by atoms with van der Waals surface area (Å²) in [6, 6.07) is 8.77. The van der Waals surface area contributed by atoms with Gasteiger partial charge < -0.3 is 5.32 Å². The summed E-state index contributed by atoms with van der Waals surface area (Å²) in [5.74, 6) is 2.31. The van der Waals surface area contributed by atoms with Gasteiger partial charge in [-0.25, -0.2) is 4.68 Å². The van der Waals surface area contributed by atoms with Crippen LogP contribution in [0.3, 0.4) is 0 Å². The van der Waals surface area contributed by atoms with E-state index in [2.05, 4.69) is 53.5 Å². The minimum Gasteiger partial charge on any atom is -0.354 e. The highest BCUT2D eigenvalue weighted by atomic mass is 15.4. The molecule has 1 N–H and O–H groups in total. The summed E-state index contributed by atoms with van der Waals surface area (Å²) in [7, 11) is 0. The van der Waals surface area contributed by atoms with Gasteiger partial charge in [-0.3, -0.25) is 0 Å². The van der Waals surface area contributed by atoms with Gasteiger partial charge in [-0.2, -0.15) is 10.1 Å². The maximum absolute atomic E-state index is 4.51. The van der Waals surface area contributed by atoms with Gasteiger partial charge in [0.1, 0.15) is 0 Å². The molecule has 2 aromatic rings. The predicted molar refractivity (Wildman–Crippen MR) is 71.8 cm³/mol. The Morgan fingerprint density at radius 3 is 2.83 bits per heavy atom. The van der Waals surface area contributed by atoms with Crippen LogP contribution in [0.25, 0.3) is 0 Å². The SMILES string of the molecule is CCc1nc2n(n1)CC(c1ccc(C)cc1)CN2. The number of nitrogens with one attached hydrogen (secondary N) is 1. The third kappa shape index (κ3) is 1.98. The number of anilines is 1. The van der Waals surface area contributed by atoms with Crippen LogP contribution in [0.2, 0.25) is 0 Å². The molecular formula is C14H18N4. The van der Waals surface area contributed by atoms with E-state index >= 15 is 0 Å². The zero-order chi connectivity index (χ0) is 12.5. The molecule has 1 aliphatic heterocycles. The molecule has 0 fully saturated rings. The van der Waals surface area contributed by atoms with Gasteiger partial charge in [-0.15, -0.1) is 0 Å². The Hall–Kier alpha value is -1.84. The van der Waals surface area contributed by atoms with Crippen LogP contribution >= 0.6 is 0 Å². The second kappa shape index (κ2) is 4.44. The summed E-state index contributed by atoms with van der Waals surface area (Å²) in [5.41, 5.74) is 2.67. The molecule has 2 heterocycles. The number of hydrogen-bond donors (Lipinski definition) is 1. The molecule has 94 valence electrons. The van der Waals surface area contributed by atoms with E-state index in [0.717, 1.165) is 31.3 Å². The monoisotopic (exact) mass is 242 g/mol. The molecule has 0 saturated heterocycles. The van der Waals surface area contributed by atoms with Crippen LogP contribution in [0.4, 0.5) is 5.95 Å². The Kier molecular flexibility index (Phi) is 2.78. The van der Waals surface area contributed by atoms with Crippen LogP contribution in [-0.4, -0.2) is 21.3 Å². The van der Waals surface area contributed by atoms with Crippen molar-refractivity contribution in [2.45, 2.75) is 32.7 Å². The van der Waals surface area contributed by atoms with Crippen molar-refractivity contribution in [2.24, 2.45) is 0 Å². The average molecular weight is 242 g/mol. The molecular weight excluding hydrogens is 224 g/mol. The smallest absolute Gasteiger partial charge is 0.221 e. The molecule has 1 unspecified atom stereocenters. The molecule has 1 aromatic carbocycles. The third-order valence-electron chi connectivity index (χ3n) is 3.48. The number of benzene rings is 1. The van der Waals surface area contributed by atoms with Crippen molar-refractivity contribution in [1.29, 1.82) is 0 Å². The van der Waals surface area contributed by atoms with Crippen molar-refractivity contribution in [1.82, 2.24) is 14.8 Å². The largest absolute Gasteiger partial charge is 0.354 e.